The van der Waals surface area contributed by atoms with Crippen molar-refractivity contribution >= 4 is 17.2 Å². The molecule has 2 rings (SSSR count). The van der Waals surface area contributed by atoms with Crippen LogP contribution < -0.4 is 5.32 Å². The molecule has 3 nitrogen and oxygen atoms in total. The maximum absolute atomic E-state index is 12.3. The molecule has 1 amide bonds. The van der Waals surface area contributed by atoms with Crippen molar-refractivity contribution in [3.05, 3.63) is 58.3 Å². The Labute approximate surface area is 129 Å². The molecule has 2 atom stereocenters. The van der Waals surface area contributed by atoms with Gasteiger partial charge in [-0.05, 0) is 29.9 Å². The van der Waals surface area contributed by atoms with Crippen molar-refractivity contribution in [1.29, 1.82) is 5.26 Å². The zero-order chi connectivity index (χ0) is 15.1. The Hall–Kier alpha value is -2.12. The fourth-order valence-electron chi connectivity index (χ4n) is 2.18. The van der Waals surface area contributed by atoms with Gasteiger partial charge in [0.25, 0.3) is 0 Å². The second-order valence-electron chi connectivity index (χ2n) is 4.86. The number of amides is 1. The van der Waals surface area contributed by atoms with Crippen LogP contribution >= 0.6 is 11.3 Å². The lowest BCUT2D eigenvalue weighted by atomic mass is 9.99. The second-order valence-corrected chi connectivity index (χ2v) is 5.84. The van der Waals surface area contributed by atoms with Gasteiger partial charge in [0.05, 0.1) is 12.1 Å². The minimum absolute atomic E-state index is 0.0101. The van der Waals surface area contributed by atoms with Crippen LogP contribution in [-0.2, 0) is 11.2 Å². The molecule has 0 saturated carbocycles. The lowest BCUT2D eigenvalue weighted by Crippen LogP contribution is -2.33. The monoisotopic (exact) mass is 298 g/mol. The van der Waals surface area contributed by atoms with Crippen molar-refractivity contribution in [3.8, 4) is 6.07 Å². The number of carbonyl (C=O) groups is 1. The minimum Gasteiger partial charge on any atom is -0.347 e. The molecular formula is C17H18N2OS. The molecule has 21 heavy (non-hydrogen) atoms. The molecule has 0 spiro atoms. The predicted octanol–water partition coefficient (Wildman–Crippen LogP) is 3.70. The zero-order valence-electron chi connectivity index (χ0n) is 12.0. The molecule has 4 heteroatoms. The molecule has 1 aromatic carbocycles. The van der Waals surface area contributed by atoms with E-state index < -0.39 is 5.92 Å². The van der Waals surface area contributed by atoms with Crippen molar-refractivity contribution in [1.82, 2.24) is 5.32 Å². The van der Waals surface area contributed by atoms with E-state index in [1.54, 1.807) is 11.3 Å². The number of carbonyl (C=O) groups excluding carboxylic acids is 1. The first-order valence-corrected chi connectivity index (χ1v) is 7.90. The topological polar surface area (TPSA) is 52.9 Å². The minimum atomic E-state index is -0.651. The largest absolute Gasteiger partial charge is 0.347 e. The summed E-state index contributed by atoms with van der Waals surface area (Å²) in [6.07, 6.45) is 1.26. The van der Waals surface area contributed by atoms with Gasteiger partial charge in [-0.25, -0.2) is 0 Å². The van der Waals surface area contributed by atoms with E-state index in [1.807, 2.05) is 54.8 Å². The van der Waals surface area contributed by atoms with Crippen LogP contribution in [0.25, 0.3) is 0 Å². The van der Waals surface area contributed by atoms with Gasteiger partial charge in [-0.2, -0.15) is 5.26 Å². The van der Waals surface area contributed by atoms with Crippen molar-refractivity contribution < 1.29 is 4.79 Å². The fourth-order valence-corrected chi connectivity index (χ4v) is 3.04. The molecule has 0 aliphatic heterocycles. The van der Waals surface area contributed by atoms with Gasteiger partial charge in [0.1, 0.15) is 5.92 Å². The van der Waals surface area contributed by atoms with Crippen molar-refractivity contribution in [2.45, 2.75) is 25.8 Å². The Bertz CT molecular complexity index is 601. The summed E-state index contributed by atoms with van der Waals surface area (Å²) in [7, 11) is 0. The first-order valence-electron chi connectivity index (χ1n) is 7.02. The number of hydrogen-bond acceptors (Lipinski definition) is 3. The molecule has 1 aromatic heterocycles. The molecule has 2 unspecified atom stereocenters. The molecular weight excluding hydrogens is 280 g/mol. The van der Waals surface area contributed by atoms with Gasteiger partial charge >= 0.3 is 0 Å². The Morgan fingerprint density at radius 3 is 2.62 bits per heavy atom. The summed E-state index contributed by atoms with van der Waals surface area (Å²) in [6, 6.07) is 15.7. The first-order chi connectivity index (χ1) is 10.2. The third kappa shape index (κ3) is 4.17. The Morgan fingerprint density at radius 1 is 1.29 bits per heavy atom. The van der Waals surface area contributed by atoms with E-state index in [2.05, 4.69) is 11.4 Å². The van der Waals surface area contributed by atoms with E-state index >= 15 is 0 Å². The van der Waals surface area contributed by atoms with Crippen LogP contribution in [-0.4, -0.2) is 5.91 Å². The van der Waals surface area contributed by atoms with E-state index in [1.165, 1.54) is 0 Å². The van der Waals surface area contributed by atoms with Gasteiger partial charge in [-0.3, -0.25) is 4.79 Å². The van der Waals surface area contributed by atoms with Crippen LogP contribution in [0.2, 0.25) is 0 Å². The standard InChI is InChI=1S/C17H18N2OS/c1-2-15(16-9-6-10-21-16)19-17(20)14(12-18)11-13-7-4-3-5-8-13/h3-10,14-15H,2,11H2,1H3,(H,19,20). The van der Waals surface area contributed by atoms with E-state index in [0.29, 0.717) is 6.42 Å². The average Bonchev–Trinajstić information content (AvgIpc) is 3.05. The number of nitrogens with one attached hydrogen (secondary N) is 1. The molecule has 0 saturated heterocycles. The molecule has 108 valence electrons. The van der Waals surface area contributed by atoms with Crippen molar-refractivity contribution in [2.24, 2.45) is 5.92 Å². The predicted molar refractivity (Wildman–Crippen MR) is 84.7 cm³/mol. The molecule has 2 aromatic rings. The molecule has 0 fully saturated rings. The van der Waals surface area contributed by atoms with E-state index in [0.717, 1.165) is 16.9 Å². The third-order valence-electron chi connectivity index (χ3n) is 3.37. The molecule has 0 bridgehead atoms. The van der Waals surface area contributed by atoms with Gasteiger partial charge in [-0.15, -0.1) is 11.3 Å². The zero-order valence-corrected chi connectivity index (χ0v) is 12.8. The summed E-state index contributed by atoms with van der Waals surface area (Å²) in [5, 5.41) is 14.3. The number of benzene rings is 1. The van der Waals surface area contributed by atoms with Crippen molar-refractivity contribution in [3.63, 3.8) is 0 Å². The summed E-state index contributed by atoms with van der Waals surface area (Å²) in [5.74, 6) is -0.844. The first kappa shape index (κ1) is 15.3. The molecule has 1 N–H and O–H groups in total. The van der Waals surface area contributed by atoms with Crippen LogP contribution in [0, 0.1) is 17.2 Å². The fraction of sp³-hybridized carbons (Fsp3) is 0.294. The maximum Gasteiger partial charge on any atom is 0.238 e. The highest BCUT2D eigenvalue weighted by Gasteiger charge is 2.22. The SMILES string of the molecule is CCC(NC(=O)C(C#N)Cc1ccccc1)c1cccs1. The van der Waals surface area contributed by atoms with E-state index in [4.69, 9.17) is 0 Å². The van der Waals surface area contributed by atoms with Crippen LogP contribution in [0.3, 0.4) is 0 Å². The lowest BCUT2D eigenvalue weighted by molar-refractivity contribution is -0.124. The van der Waals surface area contributed by atoms with E-state index in [9.17, 15) is 10.1 Å². The van der Waals surface area contributed by atoms with Crippen LogP contribution in [0.15, 0.2) is 47.8 Å². The van der Waals surface area contributed by atoms with E-state index in [-0.39, 0.29) is 11.9 Å². The Kier molecular flexibility index (Phi) is 5.53. The number of nitrogens with zero attached hydrogens (tertiary/aromatic N) is 1. The number of nitriles is 1. The maximum atomic E-state index is 12.3. The third-order valence-corrected chi connectivity index (χ3v) is 4.35. The normalized spacial score (nSPS) is 13.1. The second kappa shape index (κ2) is 7.61. The lowest BCUT2D eigenvalue weighted by Gasteiger charge is -2.17. The van der Waals surface area contributed by atoms with Crippen LogP contribution in [0.1, 0.15) is 29.8 Å². The molecule has 0 aliphatic carbocycles. The van der Waals surface area contributed by atoms with Crippen LogP contribution in [0.4, 0.5) is 0 Å². The number of hydrogen-bond donors (Lipinski definition) is 1. The summed E-state index contributed by atoms with van der Waals surface area (Å²) in [4.78, 5) is 13.4. The van der Waals surface area contributed by atoms with Crippen molar-refractivity contribution in [2.75, 3.05) is 0 Å². The van der Waals surface area contributed by atoms with Gasteiger partial charge in [-0.1, -0.05) is 43.3 Å². The van der Waals surface area contributed by atoms with Gasteiger partial charge in [0.15, 0.2) is 0 Å². The number of thiophene rings is 1. The molecule has 0 radical (unpaired) electrons. The Morgan fingerprint density at radius 2 is 2.05 bits per heavy atom. The van der Waals surface area contributed by atoms with Gasteiger partial charge in [0, 0.05) is 4.88 Å². The quantitative estimate of drug-likeness (QED) is 0.884. The summed E-state index contributed by atoms with van der Waals surface area (Å²) >= 11 is 1.62. The average molecular weight is 298 g/mol. The summed E-state index contributed by atoms with van der Waals surface area (Å²) < 4.78 is 0. The Balaban J connectivity index is 2.02. The number of rotatable bonds is 6. The molecule has 0 aliphatic rings. The highest BCUT2D eigenvalue weighted by molar-refractivity contribution is 7.10. The van der Waals surface area contributed by atoms with Gasteiger partial charge < -0.3 is 5.32 Å². The van der Waals surface area contributed by atoms with Crippen LogP contribution in [0.5, 0.6) is 0 Å². The molecule has 1 heterocycles. The highest BCUT2D eigenvalue weighted by Crippen LogP contribution is 2.22. The van der Waals surface area contributed by atoms with Gasteiger partial charge in [0.2, 0.25) is 5.91 Å². The summed E-state index contributed by atoms with van der Waals surface area (Å²) in [5.41, 5.74) is 1.00. The smallest absolute Gasteiger partial charge is 0.238 e. The summed E-state index contributed by atoms with van der Waals surface area (Å²) in [6.45, 7) is 2.03. The highest BCUT2D eigenvalue weighted by atomic mass is 32.1.